The topological polar surface area (TPSA) is 55.1 Å². The fourth-order valence-electron chi connectivity index (χ4n) is 2.54. The van der Waals surface area contributed by atoms with Gasteiger partial charge in [0.15, 0.2) is 10.9 Å². The number of furan rings is 1. The van der Waals surface area contributed by atoms with Crippen LogP contribution in [0.4, 0.5) is 5.13 Å². The maximum atomic E-state index is 12.4. The molecule has 4 aromatic rings. The number of hydrogen-bond acceptors (Lipinski definition) is 4. The number of para-hydroxylation sites is 1. The Hall–Kier alpha value is -2.92. The minimum atomic E-state index is -0.154. The molecule has 0 radical (unpaired) electrons. The Balaban J connectivity index is 1.58. The van der Waals surface area contributed by atoms with Gasteiger partial charge in [0, 0.05) is 16.3 Å². The summed E-state index contributed by atoms with van der Waals surface area (Å²) in [5.74, 6) is 0.544. The van der Waals surface area contributed by atoms with Crippen molar-refractivity contribution in [3.63, 3.8) is 0 Å². The van der Waals surface area contributed by atoms with Gasteiger partial charge in [-0.1, -0.05) is 36.4 Å². The highest BCUT2D eigenvalue weighted by Crippen LogP contribution is 2.30. The molecule has 2 heterocycles. The fourth-order valence-corrected chi connectivity index (χ4v) is 3.24. The van der Waals surface area contributed by atoms with Crippen molar-refractivity contribution in [3.8, 4) is 11.5 Å². The minimum absolute atomic E-state index is 0.154. The first-order chi connectivity index (χ1) is 11.7. The summed E-state index contributed by atoms with van der Waals surface area (Å²) in [6, 6.07) is 17.3. The van der Waals surface area contributed by atoms with Crippen LogP contribution in [0.5, 0.6) is 0 Å². The van der Waals surface area contributed by atoms with E-state index in [0.29, 0.717) is 16.5 Å². The molecule has 0 fully saturated rings. The number of aromatic nitrogens is 1. The molecule has 0 unspecified atom stereocenters. The van der Waals surface area contributed by atoms with Crippen LogP contribution in [-0.4, -0.2) is 10.9 Å². The number of fused-ring (bicyclic) bond motifs is 1. The van der Waals surface area contributed by atoms with Crippen molar-refractivity contribution in [2.24, 2.45) is 0 Å². The largest absolute Gasteiger partial charge is 0.454 e. The molecular formula is C19H14N2O2S. The molecule has 1 N–H and O–H groups in total. The van der Waals surface area contributed by atoms with Crippen LogP contribution < -0.4 is 5.32 Å². The van der Waals surface area contributed by atoms with Gasteiger partial charge in [-0.3, -0.25) is 10.1 Å². The molecule has 0 saturated carbocycles. The quantitative estimate of drug-likeness (QED) is 0.566. The van der Waals surface area contributed by atoms with Crippen LogP contribution in [0.2, 0.25) is 0 Å². The molecule has 0 aliphatic heterocycles. The first-order valence-corrected chi connectivity index (χ1v) is 8.40. The minimum Gasteiger partial charge on any atom is -0.454 e. The normalized spacial score (nSPS) is 10.9. The van der Waals surface area contributed by atoms with Crippen molar-refractivity contribution >= 4 is 33.3 Å². The van der Waals surface area contributed by atoms with Crippen molar-refractivity contribution in [2.45, 2.75) is 6.92 Å². The van der Waals surface area contributed by atoms with Crippen LogP contribution in [0.1, 0.15) is 15.9 Å². The molecule has 1 amide bonds. The second kappa shape index (κ2) is 5.94. The lowest BCUT2D eigenvalue weighted by Gasteiger charge is -2.04. The van der Waals surface area contributed by atoms with E-state index in [4.69, 9.17) is 4.42 Å². The second-order valence-corrected chi connectivity index (χ2v) is 6.31. The summed E-state index contributed by atoms with van der Waals surface area (Å²) in [6.45, 7) is 1.91. The molecule has 5 heteroatoms. The highest BCUT2D eigenvalue weighted by molar-refractivity contribution is 7.14. The molecule has 0 aliphatic rings. The standard InChI is InChI=1S/C19H14N2O2S/c1-12-6-2-4-8-14(12)18(22)21-19-20-15(11-24-19)17-10-13-7-3-5-9-16(13)23-17/h2-11H,1H3,(H,20,21,22). The van der Waals surface area contributed by atoms with Gasteiger partial charge in [0.1, 0.15) is 11.3 Å². The third-order valence-electron chi connectivity index (χ3n) is 3.79. The van der Waals surface area contributed by atoms with Gasteiger partial charge < -0.3 is 4.42 Å². The second-order valence-electron chi connectivity index (χ2n) is 5.46. The van der Waals surface area contributed by atoms with E-state index in [9.17, 15) is 4.79 Å². The zero-order valence-electron chi connectivity index (χ0n) is 12.9. The van der Waals surface area contributed by atoms with Crippen LogP contribution >= 0.6 is 11.3 Å². The lowest BCUT2D eigenvalue weighted by molar-refractivity contribution is 0.102. The zero-order valence-corrected chi connectivity index (χ0v) is 13.8. The van der Waals surface area contributed by atoms with Crippen molar-refractivity contribution < 1.29 is 9.21 Å². The van der Waals surface area contributed by atoms with Crippen molar-refractivity contribution in [1.29, 1.82) is 0 Å². The maximum absolute atomic E-state index is 12.4. The molecule has 4 rings (SSSR count). The van der Waals surface area contributed by atoms with E-state index in [0.717, 1.165) is 22.2 Å². The molecule has 2 aromatic carbocycles. The lowest BCUT2D eigenvalue weighted by atomic mass is 10.1. The van der Waals surface area contributed by atoms with E-state index in [1.807, 2.05) is 60.8 Å². The smallest absolute Gasteiger partial charge is 0.257 e. The van der Waals surface area contributed by atoms with E-state index in [1.54, 1.807) is 6.07 Å². The number of nitrogens with zero attached hydrogens (tertiary/aromatic N) is 1. The Kier molecular flexibility index (Phi) is 3.63. The van der Waals surface area contributed by atoms with Crippen molar-refractivity contribution in [3.05, 3.63) is 71.1 Å². The molecule has 24 heavy (non-hydrogen) atoms. The van der Waals surface area contributed by atoms with E-state index in [1.165, 1.54) is 11.3 Å². The summed E-state index contributed by atoms with van der Waals surface area (Å²) in [4.78, 5) is 16.8. The van der Waals surface area contributed by atoms with Crippen LogP contribution in [0.3, 0.4) is 0 Å². The monoisotopic (exact) mass is 334 g/mol. The third kappa shape index (κ3) is 2.70. The van der Waals surface area contributed by atoms with Crippen LogP contribution in [-0.2, 0) is 0 Å². The number of rotatable bonds is 3. The first-order valence-electron chi connectivity index (χ1n) is 7.52. The average molecular weight is 334 g/mol. The third-order valence-corrected chi connectivity index (χ3v) is 4.55. The van der Waals surface area contributed by atoms with Gasteiger partial charge in [-0.05, 0) is 30.7 Å². The number of nitrogens with one attached hydrogen (secondary N) is 1. The fraction of sp³-hybridized carbons (Fsp3) is 0.0526. The summed E-state index contributed by atoms with van der Waals surface area (Å²) in [7, 11) is 0. The zero-order chi connectivity index (χ0) is 16.5. The van der Waals surface area contributed by atoms with Crippen molar-refractivity contribution in [1.82, 2.24) is 4.98 Å². The molecule has 0 atom stereocenters. The highest BCUT2D eigenvalue weighted by Gasteiger charge is 2.13. The SMILES string of the molecule is Cc1ccccc1C(=O)Nc1nc(-c2cc3ccccc3o2)cs1. The van der Waals surface area contributed by atoms with E-state index < -0.39 is 0 Å². The van der Waals surface area contributed by atoms with Gasteiger partial charge in [0.25, 0.3) is 5.91 Å². The van der Waals surface area contributed by atoms with E-state index in [2.05, 4.69) is 10.3 Å². The van der Waals surface area contributed by atoms with Crippen molar-refractivity contribution in [2.75, 3.05) is 5.32 Å². The number of benzene rings is 2. The molecule has 0 bridgehead atoms. The highest BCUT2D eigenvalue weighted by atomic mass is 32.1. The predicted molar refractivity (Wildman–Crippen MR) is 96.5 cm³/mol. The Morgan fingerprint density at radius 3 is 2.75 bits per heavy atom. The molecule has 0 saturated heterocycles. The summed E-state index contributed by atoms with van der Waals surface area (Å²) in [5, 5.41) is 6.32. The number of anilines is 1. The Morgan fingerprint density at radius 2 is 1.92 bits per heavy atom. The van der Waals surface area contributed by atoms with Gasteiger partial charge >= 0.3 is 0 Å². The number of carbonyl (C=O) groups excluding carboxylic acids is 1. The number of aryl methyl sites for hydroxylation is 1. The van der Waals surface area contributed by atoms with Gasteiger partial charge in [-0.25, -0.2) is 4.98 Å². The Labute approximate surface area is 142 Å². The molecule has 118 valence electrons. The molecule has 0 aliphatic carbocycles. The molecule has 0 spiro atoms. The van der Waals surface area contributed by atoms with Crippen LogP contribution in [0.25, 0.3) is 22.4 Å². The number of thiazole rings is 1. The summed E-state index contributed by atoms with van der Waals surface area (Å²) >= 11 is 1.38. The van der Waals surface area contributed by atoms with Gasteiger partial charge in [-0.2, -0.15) is 0 Å². The summed E-state index contributed by atoms with van der Waals surface area (Å²) in [6.07, 6.45) is 0. The molecular weight excluding hydrogens is 320 g/mol. The Morgan fingerprint density at radius 1 is 1.12 bits per heavy atom. The predicted octanol–water partition coefficient (Wildman–Crippen LogP) is 5.12. The number of carbonyl (C=O) groups is 1. The van der Waals surface area contributed by atoms with Crippen LogP contribution in [0.15, 0.2) is 64.4 Å². The molecule has 4 nitrogen and oxygen atoms in total. The average Bonchev–Trinajstić information content (AvgIpc) is 3.21. The van der Waals surface area contributed by atoms with Gasteiger partial charge in [0.2, 0.25) is 0 Å². The maximum Gasteiger partial charge on any atom is 0.257 e. The molecule has 2 aromatic heterocycles. The van der Waals surface area contributed by atoms with Gasteiger partial charge in [-0.15, -0.1) is 11.3 Å². The first kappa shape index (κ1) is 14.7. The van der Waals surface area contributed by atoms with Crippen LogP contribution in [0, 0.1) is 6.92 Å². The lowest BCUT2D eigenvalue weighted by Crippen LogP contribution is -2.12. The summed E-state index contributed by atoms with van der Waals surface area (Å²) in [5.41, 5.74) is 3.13. The van der Waals surface area contributed by atoms with E-state index >= 15 is 0 Å². The van der Waals surface area contributed by atoms with Gasteiger partial charge in [0.05, 0.1) is 0 Å². The number of amides is 1. The van der Waals surface area contributed by atoms with E-state index in [-0.39, 0.29) is 5.91 Å². The summed E-state index contributed by atoms with van der Waals surface area (Å²) < 4.78 is 5.81. The number of hydrogen-bond donors (Lipinski definition) is 1. The Bertz CT molecular complexity index is 999.